The average molecular weight is 494 g/mol. The van der Waals surface area contributed by atoms with Crippen molar-refractivity contribution in [2.24, 2.45) is 7.05 Å². The fourth-order valence-electron chi connectivity index (χ4n) is 3.42. The van der Waals surface area contributed by atoms with Crippen LogP contribution in [-0.4, -0.2) is 55.2 Å². The number of hydrogen-bond donors (Lipinski definition) is 2. The third-order valence-electron chi connectivity index (χ3n) is 5.39. The molecule has 1 aromatic heterocycles. The van der Waals surface area contributed by atoms with Gasteiger partial charge >= 0.3 is 0 Å². The minimum atomic E-state index is -3.62. The summed E-state index contributed by atoms with van der Waals surface area (Å²) >= 11 is 0. The molecule has 0 fully saturated rings. The SMILES string of the molecule is CNC(=O)C(NC(=O)CCc1nc2cc(S(=O)(=O)N(C)C)ccc2n1C)c1ccc(F)c(F)c1. The van der Waals surface area contributed by atoms with Crippen LogP contribution in [0, 0.1) is 11.6 Å². The van der Waals surface area contributed by atoms with Gasteiger partial charge < -0.3 is 15.2 Å². The molecule has 2 aromatic carbocycles. The van der Waals surface area contributed by atoms with Crippen molar-refractivity contribution in [3.8, 4) is 0 Å². The third-order valence-corrected chi connectivity index (χ3v) is 7.20. The molecule has 0 saturated carbocycles. The van der Waals surface area contributed by atoms with Crippen LogP contribution in [0.15, 0.2) is 41.3 Å². The molecular formula is C22H25F2N5O4S. The van der Waals surface area contributed by atoms with Gasteiger partial charge in [-0.05, 0) is 35.9 Å². The van der Waals surface area contributed by atoms with Gasteiger partial charge in [-0.1, -0.05) is 6.07 Å². The maximum Gasteiger partial charge on any atom is 0.246 e. The van der Waals surface area contributed by atoms with Crippen LogP contribution in [0.25, 0.3) is 11.0 Å². The largest absolute Gasteiger partial charge is 0.357 e. The highest BCUT2D eigenvalue weighted by Crippen LogP contribution is 2.22. The molecule has 34 heavy (non-hydrogen) atoms. The minimum Gasteiger partial charge on any atom is -0.357 e. The van der Waals surface area contributed by atoms with E-state index >= 15 is 0 Å². The molecule has 0 aliphatic heterocycles. The summed E-state index contributed by atoms with van der Waals surface area (Å²) in [6.45, 7) is 0. The summed E-state index contributed by atoms with van der Waals surface area (Å²) in [5.74, 6) is -2.74. The Kier molecular flexibility index (Phi) is 7.32. The van der Waals surface area contributed by atoms with Crippen LogP contribution in [0.4, 0.5) is 8.78 Å². The molecule has 0 spiro atoms. The van der Waals surface area contributed by atoms with E-state index < -0.39 is 39.5 Å². The predicted molar refractivity (Wildman–Crippen MR) is 121 cm³/mol. The number of aromatic nitrogens is 2. The Hall–Kier alpha value is -3.38. The minimum absolute atomic E-state index is 0.0445. The molecule has 0 saturated heterocycles. The first kappa shape index (κ1) is 25.2. The number of benzene rings is 2. The number of nitrogens with zero attached hydrogens (tertiary/aromatic N) is 3. The zero-order valence-electron chi connectivity index (χ0n) is 19.1. The van der Waals surface area contributed by atoms with Gasteiger partial charge in [0.1, 0.15) is 11.9 Å². The van der Waals surface area contributed by atoms with Gasteiger partial charge in [-0.25, -0.2) is 26.5 Å². The molecule has 0 bridgehead atoms. The lowest BCUT2D eigenvalue weighted by atomic mass is 10.1. The van der Waals surface area contributed by atoms with E-state index in [9.17, 15) is 26.8 Å². The van der Waals surface area contributed by atoms with Gasteiger partial charge in [-0.15, -0.1) is 0 Å². The molecule has 1 atom stereocenters. The highest BCUT2D eigenvalue weighted by atomic mass is 32.2. The van der Waals surface area contributed by atoms with Crippen molar-refractivity contribution in [2.45, 2.75) is 23.8 Å². The monoisotopic (exact) mass is 493 g/mol. The van der Waals surface area contributed by atoms with E-state index in [-0.39, 0.29) is 23.3 Å². The molecule has 0 aliphatic rings. The Morgan fingerprint density at radius 1 is 1.12 bits per heavy atom. The molecule has 3 rings (SSSR count). The molecule has 1 unspecified atom stereocenters. The van der Waals surface area contributed by atoms with Crippen LogP contribution in [0.2, 0.25) is 0 Å². The predicted octanol–water partition coefficient (Wildman–Crippen LogP) is 1.64. The molecule has 182 valence electrons. The van der Waals surface area contributed by atoms with Gasteiger partial charge in [0.2, 0.25) is 21.8 Å². The summed E-state index contributed by atoms with van der Waals surface area (Å²) < 4.78 is 54.5. The van der Waals surface area contributed by atoms with Crippen molar-refractivity contribution in [1.82, 2.24) is 24.5 Å². The number of imidazole rings is 1. The number of carbonyl (C=O) groups excluding carboxylic acids is 2. The second-order valence-electron chi connectivity index (χ2n) is 7.81. The number of likely N-dealkylation sites (N-methyl/N-ethyl adjacent to an activating group) is 1. The lowest BCUT2D eigenvalue weighted by molar-refractivity contribution is -0.128. The van der Waals surface area contributed by atoms with Crippen molar-refractivity contribution in [3.05, 3.63) is 59.4 Å². The quantitative estimate of drug-likeness (QED) is 0.495. The number of aryl methyl sites for hydroxylation is 2. The topological polar surface area (TPSA) is 113 Å². The Labute approximate surface area is 195 Å². The van der Waals surface area contributed by atoms with Gasteiger partial charge in [-0.3, -0.25) is 9.59 Å². The summed E-state index contributed by atoms with van der Waals surface area (Å²) in [6.07, 6.45) is 0.155. The highest BCUT2D eigenvalue weighted by molar-refractivity contribution is 7.89. The van der Waals surface area contributed by atoms with Crippen LogP contribution in [0.5, 0.6) is 0 Å². The summed E-state index contributed by atoms with van der Waals surface area (Å²) in [5.41, 5.74) is 1.26. The summed E-state index contributed by atoms with van der Waals surface area (Å²) in [7, 11) is 2.37. The summed E-state index contributed by atoms with van der Waals surface area (Å²) in [4.78, 5) is 29.4. The molecule has 9 nitrogen and oxygen atoms in total. The lowest BCUT2D eigenvalue weighted by Gasteiger charge is -2.18. The summed E-state index contributed by atoms with van der Waals surface area (Å²) in [6, 6.07) is 6.38. The van der Waals surface area contributed by atoms with Crippen molar-refractivity contribution < 1.29 is 26.8 Å². The van der Waals surface area contributed by atoms with Gasteiger partial charge in [0.15, 0.2) is 11.6 Å². The van der Waals surface area contributed by atoms with E-state index in [1.165, 1.54) is 39.3 Å². The number of fused-ring (bicyclic) bond motifs is 1. The van der Waals surface area contributed by atoms with Crippen LogP contribution in [0.1, 0.15) is 23.9 Å². The second-order valence-corrected chi connectivity index (χ2v) is 9.97. The zero-order valence-corrected chi connectivity index (χ0v) is 19.9. The second kappa shape index (κ2) is 9.85. The normalized spacial score (nSPS) is 12.7. The standard InChI is InChI=1S/C22H25F2N5O4S/c1-25-22(31)21(13-5-7-15(23)16(24)11-13)27-20(30)10-9-19-26-17-12-14(34(32,33)28(2)3)6-8-18(17)29(19)4/h5-8,11-12,21H,9-10H2,1-4H3,(H,25,31)(H,27,30). The molecule has 3 aromatic rings. The lowest BCUT2D eigenvalue weighted by Crippen LogP contribution is -2.39. The highest BCUT2D eigenvalue weighted by Gasteiger charge is 2.24. The number of amides is 2. The first-order valence-electron chi connectivity index (χ1n) is 10.3. The van der Waals surface area contributed by atoms with Crippen molar-refractivity contribution in [2.75, 3.05) is 21.1 Å². The van der Waals surface area contributed by atoms with Crippen molar-refractivity contribution in [1.29, 1.82) is 0 Å². The Morgan fingerprint density at radius 2 is 1.82 bits per heavy atom. The maximum absolute atomic E-state index is 13.6. The van der Waals surface area contributed by atoms with E-state index in [0.717, 1.165) is 16.4 Å². The van der Waals surface area contributed by atoms with Crippen LogP contribution >= 0.6 is 0 Å². The zero-order chi connectivity index (χ0) is 25.2. The summed E-state index contributed by atoms with van der Waals surface area (Å²) in [5, 5.41) is 4.92. The number of nitrogens with one attached hydrogen (secondary N) is 2. The first-order valence-corrected chi connectivity index (χ1v) is 11.7. The fraction of sp³-hybridized carbons (Fsp3) is 0.318. The molecule has 1 heterocycles. The van der Waals surface area contributed by atoms with Gasteiger partial charge in [0.25, 0.3) is 0 Å². The van der Waals surface area contributed by atoms with E-state index in [0.29, 0.717) is 16.9 Å². The van der Waals surface area contributed by atoms with Gasteiger partial charge in [-0.2, -0.15) is 0 Å². The van der Waals surface area contributed by atoms with Crippen LogP contribution in [0.3, 0.4) is 0 Å². The first-order chi connectivity index (χ1) is 15.9. The third kappa shape index (κ3) is 5.07. The molecule has 2 N–H and O–H groups in total. The molecule has 0 radical (unpaired) electrons. The van der Waals surface area contributed by atoms with E-state index in [1.807, 2.05) is 0 Å². The number of sulfonamides is 1. The van der Waals surface area contributed by atoms with Crippen molar-refractivity contribution >= 4 is 32.9 Å². The van der Waals surface area contributed by atoms with Crippen LogP contribution < -0.4 is 10.6 Å². The number of hydrogen-bond acceptors (Lipinski definition) is 5. The Bertz CT molecular complexity index is 1350. The van der Waals surface area contributed by atoms with E-state index in [1.54, 1.807) is 17.7 Å². The average Bonchev–Trinajstić information content (AvgIpc) is 3.12. The number of rotatable bonds is 8. The fourth-order valence-corrected chi connectivity index (χ4v) is 4.34. The molecule has 0 aliphatic carbocycles. The molecule has 12 heteroatoms. The van der Waals surface area contributed by atoms with E-state index in [2.05, 4.69) is 15.6 Å². The van der Waals surface area contributed by atoms with Crippen LogP contribution in [-0.2, 0) is 33.1 Å². The van der Waals surface area contributed by atoms with Gasteiger partial charge in [0.05, 0.1) is 15.9 Å². The smallest absolute Gasteiger partial charge is 0.246 e. The molecular weight excluding hydrogens is 468 g/mol. The Morgan fingerprint density at radius 3 is 2.44 bits per heavy atom. The van der Waals surface area contributed by atoms with Gasteiger partial charge in [0, 0.05) is 41.0 Å². The number of carbonyl (C=O) groups is 2. The maximum atomic E-state index is 13.6. The number of halogens is 2. The molecule has 2 amide bonds. The Balaban J connectivity index is 1.77. The van der Waals surface area contributed by atoms with E-state index in [4.69, 9.17) is 0 Å². The van der Waals surface area contributed by atoms with Crippen molar-refractivity contribution in [3.63, 3.8) is 0 Å².